The third-order valence-electron chi connectivity index (χ3n) is 4.61. The van der Waals surface area contributed by atoms with Crippen molar-refractivity contribution in [1.82, 2.24) is 15.2 Å². The maximum atomic E-state index is 12.2. The van der Waals surface area contributed by atoms with Crippen LogP contribution in [0, 0.1) is 5.92 Å². The van der Waals surface area contributed by atoms with Gasteiger partial charge in [0.25, 0.3) is 0 Å². The third-order valence-corrected chi connectivity index (χ3v) is 4.61. The number of ether oxygens (including phenoxy) is 1. The van der Waals surface area contributed by atoms with E-state index in [1.165, 1.54) is 0 Å². The Hall–Kier alpha value is -3.09. The topological polar surface area (TPSA) is 91.8 Å². The molecule has 0 radical (unpaired) electrons. The first-order chi connectivity index (χ1) is 13.1. The maximum Gasteiger partial charge on any atom is 0.317 e. The Morgan fingerprint density at radius 1 is 1.15 bits per heavy atom. The minimum atomic E-state index is -0.777. The van der Waals surface area contributed by atoms with E-state index in [4.69, 9.17) is 9.84 Å². The number of nitrogens with one attached hydrogen (secondary N) is 1. The molecule has 2 amide bonds. The molecule has 1 saturated heterocycles. The Morgan fingerprint density at radius 2 is 1.89 bits per heavy atom. The van der Waals surface area contributed by atoms with E-state index in [2.05, 4.69) is 10.3 Å². The van der Waals surface area contributed by atoms with Gasteiger partial charge in [-0.05, 0) is 42.7 Å². The predicted octanol–water partition coefficient (Wildman–Crippen LogP) is 2.67. The molecular formula is C20H23N3O4. The maximum absolute atomic E-state index is 12.2. The zero-order chi connectivity index (χ0) is 19.1. The van der Waals surface area contributed by atoms with Gasteiger partial charge in [0.15, 0.2) is 0 Å². The highest BCUT2D eigenvalue weighted by atomic mass is 16.5. The zero-order valence-electron chi connectivity index (χ0n) is 15.0. The minimum absolute atomic E-state index is 0.158. The average Bonchev–Trinajstić information content (AvgIpc) is 2.72. The Balaban J connectivity index is 1.42. The van der Waals surface area contributed by atoms with Crippen LogP contribution in [0.1, 0.15) is 24.1 Å². The molecule has 1 aliphatic heterocycles. The molecule has 0 bridgehead atoms. The predicted molar refractivity (Wildman–Crippen MR) is 99.2 cm³/mol. The average molecular weight is 369 g/mol. The summed E-state index contributed by atoms with van der Waals surface area (Å²) in [5, 5.41) is 11.9. The number of aromatic nitrogens is 1. The number of amides is 2. The van der Waals surface area contributed by atoms with E-state index >= 15 is 0 Å². The lowest BCUT2D eigenvalue weighted by molar-refractivity contribution is -0.143. The monoisotopic (exact) mass is 369 g/mol. The number of likely N-dealkylation sites (tertiary alicyclic amines) is 1. The largest absolute Gasteiger partial charge is 0.487 e. The van der Waals surface area contributed by atoms with E-state index in [0.717, 1.165) is 17.0 Å². The number of pyridine rings is 1. The van der Waals surface area contributed by atoms with Gasteiger partial charge in [-0.3, -0.25) is 9.78 Å². The van der Waals surface area contributed by atoms with Crippen molar-refractivity contribution in [3.63, 3.8) is 0 Å². The molecule has 0 unspecified atom stereocenters. The van der Waals surface area contributed by atoms with Crippen molar-refractivity contribution in [2.75, 3.05) is 13.1 Å². The number of carbonyl (C=O) groups is 2. The number of benzene rings is 1. The first-order valence-corrected chi connectivity index (χ1v) is 8.99. The number of aliphatic carboxylic acids is 1. The lowest BCUT2D eigenvalue weighted by atomic mass is 9.97. The summed E-state index contributed by atoms with van der Waals surface area (Å²) in [7, 11) is 0. The molecule has 0 aliphatic carbocycles. The second-order valence-electron chi connectivity index (χ2n) is 6.51. The number of carboxylic acid groups (broad SMARTS) is 1. The van der Waals surface area contributed by atoms with Gasteiger partial charge in [0.1, 0.15) is 12.4 Å². The SMILES string of the molecule is O=C(O)C1CCN(C(=O)NCc2ccc(OCc3ccccn3)cc2)CC1. The van der Waals surface area contributed by atoms with Crippen molar-refractivity contribution < 1.29 is 19.4 Å². The summed E-state index contributed by atoms with van der Waals surface area (Å²) in [6.07, 6.45) is 2.74. The summed E-state index contributed by atoms with van der Waals surface area (Å²) in [5.41, 5.74) is 1.83. The number of piperidine rings is 1. The summed E-state index contributed by atoms with van der Waals surface area (Å²) in [5.74, 6) is -0.375. The number of rotatable bonds is 6. The molecule has 1 aliphatic rings. The highest BCUT2D eigenvalue weighted by Gasteiger charge is 2.26. The lowest BCUT2D eigenvalue weighted by Gasteiger charge is -2.30. The molecule has 7 nitrogen and oxygen atoms in total. The van der Waals surface area contributed by atoms with Crippen molar-refractivity contribution in [2.45, 2.75) is 26.0 Å². The number of nitrogens with zero attached hydrogens (tertiary/aromatic N) is 2. The van der Waals surface area contributed by atoms with Crippen molar-refractivity contribution in [1.29, 1.82) is 0 Å². The summed E-state index contributed by atoms with van der Waals surface area (Å²) >= 11 is 0. The Bertz CT molecular complexity index is 757. The fourth-order valence-corrected chi connectivity index (χ4v) is 2.96. The van der Waals surface area contributed by atoms with Gasteiger partial charge in [-0.2, -0.15) is 0 Å². The van der Waals surface area contributed by atoms with Crippen LogP contribution in [0.25, 0.3) is 0 Å². The van der Waals surface area contributed by atoms with Crippen molar-refractivity contribution in [3.8, 4) is 5.75 Å². The Kier molecular flexibility index (Phi) is 6.25. The van der Waals surface area contributed by atoms with Crippen LogP contribution in [-0.2, 0) is 17.9 Å². The van der Waals surface area contributed by atoms with Gasteiger partial charge in [-0.25, -0.2) is 4.79 Å². The van der Waals surface area contributed by atoms with Gasteiger partial charge in [-0.15, -0.1) is 0 Å². The molecule has 0 atom stereocenters. The molecule has 1 fully saturated rings. The first kappa shape index (κ1) is 18.7. The molecule has 2 aromatic rings. The van der Waals surface area contributed by atoms with Crippen LogP contribution in [0.5, 0.6) is 5.75 Å². The van der Waals surface area contributed by atoms with Crippen LogP contribution in [0.15, 0.2) is 48.7 Å². The number of urea groups is 1. The number of carboxylic acids is 1. The quantitative estimate of drug-likeness (QED) is 0.817. The smallest absolute Gasteiger partial charge is 0.317 e. The molecule has 1 aromatic carbocycles. The first-order valence-electron chi connectivity index (χ1n) is 8.99. The second-order valence-corrected chi connectivity index (χ2v) is 6.51. The van der Waals surface area contributed by atoms with Gasteiger partial charge in [-0.1, -0.05) is 18.2 Å². The van der Waals surface area contributed by atoms with Crippen LogP contribution in [0.2, 0.25) is 0 Å². The van der Waals surface area contributed by atoms with Crippen LogP contribution in [-0.4, -0.2) is 40.1 Å². The van der Waals surface area contributed by atoms with Gasteiger partial charge >= 0.3 is 12.0 Å². The van der Waals surface area contributed by atoms with E-state index in [-0.39, 0.29) is 11.9 Å². The van der Waals surface area contributed by atoms with Crippen molar-refractivity contribution in [2.24, 2.45) is 5.92 Å². The molecule has 0 spiro atoms. The van der Waals surface area contributed by atoms with Crippen LogP contribution in [0.3, 0.4) is 0 Å². The van der Waals surface area contributed by atoms with Gasteiger partial charge < -0.3 is 20.1 Å². The molecule has 3 rings (SSSR count). The molecule has 1 aromatic heterocycles. The van der Waals surface area contributed by atoms with Gasteiger partial charge in [0.2, 0.25) is 0 Å². The van der Waals surface area contributed by atoms with Crippen LogP contribution >= 0.6 is 0 Å². The highest BCUT2D eigenvalue weighted by molar-refractivity contribution is 5.75. The molecule has 7 heteroatoms. The van der Waals surface area contributed by atoms with Crippen molar-refractivity contribution >= 4 is 12.0 Å². The number of hydrogen-bond acceptors (Lipinski definition) is 4. The molecule has 142 valence electrons. The minimum Gasteiger partial charge on any atom is -0.487 e. The third kappa shape index (κ3) is 5.44. The molecule has 2 heterocycles. The Morgan fingerprint density at radius 3 is 2.52 bits per heavy atom. The summed E-state index contributed by atoms with van der Waals surface area (Å²) < 4.78 is 5.69. The van der Waals surface area contributed by atoms with E-state index in [9.17, 15) is 9.59 Å². The van der Waals surface area contributed by atoms with Crippen molar-refractivity contribution in [3.05, 3.63) is 59.9 Å². The Labute approximate surface area is 158 Å². The lowest BCUT2D eigenvalue weighted by Crippen LogP contribution is -2.45. The highest BCUT2D eigenvalue weighted by Crippen LogP contribution is 2.17. The fraction of sp³-hybridized carbons (Fsp3) is 0.350. The fourth-order valence-electron chi connectivity index (χ4n) is 2.96. The normalized spacial score (nSPS) is 14.6. The van der Waals surface area contributed by atoms with E-state index in [1.807, 2.05) is 42.5 Å². The van der Waals surface area contributed by atoms with Gasteiger partial charge in [0.05, 0.1) is 11.6 Å². The zero-order valence-corrected chi connectivity index (χ0v) is 15.0. The number of hydrogen-bond donors (Lipinski definition) is 2. The van der Waals surface area contributed by atoms with Gasteiger partial charge in [0, 0.05) is 25.8 Å². The number of carbonyl (C=O) groups excluding carboxylic acids is 1. The molecule has 0 saturated carbocycles. The van der Waals surface area contributed by atoms with E-state index < -0.39 is 5.97 Å². The van der Waals surface area contributed by atoms with Crippen LogP contribution in [0.4, 0.5) is 4.79 Å². The summed E-state index contributed by atoms with van der Waals surface area (Å²) in [6.45, 7) is 1.77. The van der Waals surface area contributed by atoms with Crippen LogP contribution < -0.4 is 10.1 Å². The molecule has 27 heavy (non-hydrogen) atoms. The molecular weight excluding hydrogens is 346 g/mol. The summed E-state index contributed by atoms with van der Waals surface area (Å²) in [6, 6.07) is 13.1. The van der Waals surface area contributed by atoms with E-state index in [0.29, 0.717) is 39.1 Å². The summed E-state index contributed by atoms with van der Waals surface area (Å²) in [4.78, 5) is 29.1. The van der Waals surface area contributed by atoms with E-state index in [1.54, 1.807) is 11.1 Å². The standard InChI is InChI=1S/C20H23N3O4/c24-19(25)16-8-11-23(12-9-16)20(26)22-13-15-4-6-18(7-5-15)27-14-17-3-1-2-10-21-17/h1-7,10,16H,8-9,11-14H2,(H,22,26)(H,24,25). The molecule has 2 N–H and O–H groups in total. The second kappa shape index (κ2) is 9.02.